The van der Waals surface area contributed by atoms with Gasteiger partial charge in [0, 0.05) is 13.7 Å². The van der Waals surface area contributed by atoms with Gasteiger partial charge >= 0.3 is 5.97 Å². The number of aliphatic hydroxyl groups excluding tert-OH is 1. The number of ether oxygens (including phenoxy) is 2. The van der Waals surface area contributed by atoms with E-state index in [2.05, 4.69) is 5.32 Å². The molecule has 1 aliphatic carbocycles. The third kappa shape index (κ3) is 4.20. The maximum absolute atomic E-state index is 11.1. The summed E-state index contributed by atoms with van der Waals surface area (Å²) in [7, 11) is 1.59. The van der Waals surface area contributed by atoms with E-state index < -0.39 is 17.6 Å². The first kappa shape index (κ1) is 15.4. The number of carboxylic acids is 1. The lowest BCUT2D eigenvalue weighted by Crippen LogP contribution is -2.59. The first-order chi connectivity index (χ1) is 8.50. The van der Waals surface area contributed by atoms with Crippen molar-refractivity contribution in [2.75, 3.05) is 26.9 Å². The number of aliphatic carboxylic acids is 1. The average Bonchev–Trinajstić information content (AvgIpc) is 2.24. The zero-order chi connectivity index (χ0) is 13.6. The van der Waals surface area contributed by atoms with Gasteiger partial charge in [-0.15, -0.1) is 0 Å². The molecule has 0 aliphatic heterocycles. The minimum absolute atomic E-state index is 0.0817. The molecule has 6 nitrogen and oxygen atoms in total. The molecular formula is C12H23NO5. The van der Waals surface area contributed by atoms with Gasteiger partial charge in [-0.3, -0.25) is 10.1 Å². The second kappa shape index (κ2) is 7.04. The quantitative estimate of drug-likeness (QED) is 0.541. The molecular weight excluding hydrogens is 238 g/mol. The van der Waals surface area contributed by atoms with Crippen LogP contribution in [-0.4, -0.2) is 60.8 Å². The molecule has 1 rings (SSSR count). The summed E-state index contributed by atoms with van der Waals surface area (Å²) < 4.78 is 10.3. The number of nitrogens with one attached hydrogen (secondary N) is 1. The number of aliphatic hydroxyl groups is 1. The van der Waals surface area contributed by atoms with Crippen LogP contribution in [0.15, 0.2) is 0 Å². The van der Waals surface area contributed by atoms with Crippen molar-refractivity contribution in [3.63, 3.8) is 0 Å². The first-order valence-electron chi connectivity index (χ1n) is 6.27. The number of β-amino-alcohol motifs (C(OH)–C–C–N with tert-alkyl or cyclic N) is 1. The number of hydrogen-bond donors (Lipinski definition) is 3. The predicted octanol–water partition coefficient (Wildman–Crippen LogP) is -0.00430. The molecule has 18 heavy (non-hydrogen) atoms. The summed E-state index contributed by atoms with van der Waals surface area (Å²) in [6.07, 6.45) is 1.37. The lowest BCUT2D eigenvalue weighted by atomic mass is 9.76. The van der Waals surface area contributed by atoms with Gasteiger partial charge in [0.15, 0.2) is 0 Å². The lowest BCUT2D eigenvalue weighted by molar-refractivity contribution is -0.149. The van der Waals surface area contributed by atoms with E-state index in [0.29, 0.717) is 19.4 Å². The minimum Gasteiger partial charge on any atom is -0.480 e. The van der Waals surface area contributed by atoms with Gasteiger partial charge in [0.1, 0.15) is 5.54 Å². The van der Waals surface area contributed by atoms with Crippen LogP contribution in [0, 0.1) is 0 Å². The Balaban J connectivity index is 2.20. The minimum atomic E-state index is -0.838. The van der Waals surface area contributed by atoms with E-state index in [1.54, 1.807) is 7.11 Å². The van der Waals surface area contributed by atoms with Gasteiger partial charge in [0.2, 0.25) is 0 Å². The van der Waals surface area contributed by atoms with Crippen molar-refractivity contribution in [1.29, 1.82) is 0 Å². The zero-order valence-electron chi connectivity index (χ0n) is 11.0. The molecule has 106 valence electrons. The molecule has 2 atom stereocenters. The second-order valence-electron chi connectivity index (χ2n) is 4.87. The van der Waals surface area contributed by atoms with Crippen molar-refractivity contribution in [3.8, 4) is 0 Å². The van der Waals surface area contributed by atoms with E-state index in [-0.39, 0.29) is 19.3 Å². The third-order valence-electron chi connectivity index (χ3n) is 3.27. The number of carbonyl (C=O) groups is 1. The maximum atomic E-state index is 11.1. The zero-order valence-corrected chi connectivity index (χ0v) is 11.0. The lowest BCUT2D eigenvalue weighted by Gasteiger charge is -2.39. The Morgan fingerprint density at radius 1 is 1.44 bits per heavy atom. The molecule has 0 aromatic carbocycles. The third-order valence-corrected chi connectivity index (χ3v) is 3.27. The van der Waals surface area contributed by atoms with Crippen LogP contribution in [0.4, 0.5) is 0 Å². The Morgan fingerprint density at radius 3 is 2.56 bits per heavy atom. The van der Waals surface area contributed by atoms with E-state index >= 15 is 0 Å². The fourth-order valence-electron chi connectivity index (χ4n) is 1.93. The van der Waals surface area contributed by atoms with Crippen LogP contribution in [0.5, 0.6) is 0 Å². The number of hydrogen-bond acceptors (Lipinski definition) is 5. The largest absolute Gasteiger partial charge is 0.480 e. The summed E-state index contributed by atoms with van der Waals surface area (Å²) in [4.78, 5) is 11.1. The summed E-state index contributed by atoms with van der Waals surface area (Å²) >= 11 is 0. The highest BCUT2D eigenvalue weighted by Crippen LogP contribution is 2.31. The van der Waals surface area contributed by atoms with Gasteiger partial charge in [-0.2, -0.15) is 0 Å². The second-order valence-corrected chi connectivity index (χ2v) is 4.87. The molecule has 0 radical (unpaired) electrons. The van der Waals surface area contributed by atoms with Gasteiger partial charge in [0.05, 0.1) is 25.4 Å². The van der Waals surface area contributed by atoms with Gasteiger partial charge in [0.25, 0.3) is 0 Å². The molecule has 2 unspecified atom stereocenters. The monoisotopic (exact) mass is 261 g/mol. The van der Waals surface area contributed by atoms with Gasteiger partial charge < -0.3 is 19.7 Å². The topological polar surface area (TPSA) is 88.0 Å². The van der Waals surface area contributed by atoms with Crippen molar-refractivity contribution < 1.29 is 24.5 Å². The summed E-state index contributed by atoms with van der Waals surface area (Å²) in [6.45, 7) is 2.73. The summed E-state index contributed by atoms with van der Waals surface area (Å²) in [5.41, 5.74) is -0.834. The van der Waals surface area contributed by atoms with Gasteiger partial charge in [-0.05, 0) is 26.2 Å². The molecule has 1 fully saturated rings. The summed E-state index contributed by atoms with van der Waals surface area (Å²) in [6, 6.07) is 0. The maximum Gasteiger partial charge on any atom is 0.323 e. The Bertz CT molecular complexity index is 267. The van der Waals surface area contributed by atoms with E-state index in [1.165, 1.54) is 0 Å². The number of rotatable bonds is 9. The van der Waals surface area contributed by atoms with E-state index in [4.69, 9.17) is 14.6 Å². The van der Waals surface area contributed by atoms with Gasteiger partial charge in [-0.1, -0.05) is 0 Å². The van der Waals surface area contributed by atoms with E-state index in [0.717, 1.165) is 6.42 Å². The molecule has 1 saturated carbocycles. The molecule has 0 heterocycles. The van der Waals surface area contributed by atoms with Crippen molar-refractivity contribution in [1.82, 2.24) is 5.32 Å². The van der Waals surface area contributed by atoms with Crippen LogP contribution in [0.25, 0.3) is 0 Å². The van der Waals surface area contributed by atoms with E-state index in [1.807, 2.05) is 6.92 Å². The van der Waals surface area contributed by atoms with Crippen LogP contribution in [0.1, 0.15) is 26.2 Å². The summed E-state index contributed by atoms with van der Waals surface area (Å²) in [5.74, 6) is -0.838. The molecule has 0 bridgehead atoms. The SMILES string of the molecule is COCC(C)OCC(O)CNC1(C(=O)O)CCC1. The highest BCUT2D eigenvalue weighted by molar-refractivity contribution is 5.79. The number of carboxylic acid groups (broad SMARTS) is 1. The van der Waals surface area contributed by atoms with Crippen molar-refractivity contribution in [2.45, 2.75) is 43.9 Å². The molecule has 0 aromatic heterocycles. The van der Waals surface area contributed by atoms with Crippen LogP contribution in [0.2, 0.25) is 0 Å². The molecule has 1 aliphatic rings. The van der Waals surface area contributed by atoms with Crippen molar-refractivity contribution in [3.05, 3.63) is 0 Å². The standard InChI is InChI=1S/C12H23NO5/c1-9(7-17-2)18-8-10(14)6-13-12(11(15)16)4-3-5-12/h9-10,13-14H,3-8H2,1-2H3,(H,15,16). The highest BCUT2D eigenvalue weighted by atomic mass is 16.5. The average molecular weight is 261 g/mol. The molecule has 0 amide bonds. The highest BCUT2D eigenvalue weighted by Gasteiger charge is 2.44. The molecule has 6 heteroatoms. The van der Waals surface area contributed by atoms with Crippen LogP contribution in [-0.2, 0) is 14.3 Å². The van der Waals surface area contributed by atoms with Crippen LogP contribution in [0.3, 0.4) is 0 Å². The van der Waals surface area contributed by atoms with Crippen LogP contribution >= 0.6 is 0 Å². The predicted molar refractivity (Wildman–Crippen MR) is 65.5 cm³/mol. The molecule has 0 spiro atoms. The fraction of sp³-hybridized carbons (Fsp3) is 0.917. The first-order valence-corrected chi connectivity index (χ1v) is 6.27. The number of methoxy groups -OCH3 is 1. The normalized spacial score (nSPS) is 21.1. The molecule has 0 saturated heterocycles. The Labute approximate surface area is 107 Å². The Morgan fingerprint density at radius 2 is 2.11 bits per heavy atom. The smallest absolute Gasteiger partial charge is 0.323 e. The van der Waals surface area contributed by atoms with Crippen LogP contribution < -0.4 is 5.32 Å². The molecule has 3 N–H and O–H groups in total. The summed E-state index contributed by atoms with van der Waals surface area (Å²) in [5, 5.41) is 21.7. The molecule has 0 aromatic rings. The fourth-order valence-corrected chi connectivity index (χ4v) is 1.93. The van der Waals surface area contributed by atoms with Crippen molar-refractivity contribution in [2.24, 2.45) is 0 Å². The van der Waals surface area contributed by atoms with E-state index in [9.17, 15) is 9.90 Å². The van der Waals surface area contributed by atoms with Gasteiger partial charge in [-0.25, -0.2) is 0 Å². The Kier molecular flexibility index (Phi) is 6.01. The van der Waals surface area contributed by atoms with Crippen molar-refractivity contribution >= 4 is 5.97 Å². The Hall–Kier alpha value is -0.690.